The van der Waals surface area contributed by atoms with Crippen molar-refractivity contribution in [3.05, 3.63) is 0 Å². The molecule has 1 nitrogen and oxygen atoms in total. The van der Waals surface area contributed by atoms with Gasteiger partial charge in [0.15, 0.2) is 0 Å². The van der Waals surface area contributed by atoms with Crippen LogP contribution in [0.25, 0.3) is 0 Å². The summed E-state index contributed by atoms with van der Waals surface area (Å²) >= 11 is 3.64. The van der Waals surface area contributed by atoms with E-state index in [1.54, 1.807) is 0 Å². The Morgan fingerprint density at radius 1 is 1.15 bits per heavy atom. The molecule has 0 rings (SSSR count). The maximum Gasteiger partial charge on any atom is 0.203 e. The summed E-state index contributed by atoms with van der Waals surface area (Å²) in [6.07, 6.45) is 2.90. The Bertz CT molecular complexity index is 122. The van der Waals surface area contributed by atoms with Crippen molar-refractivity contribution in [1.82, 2.24) is 0 Å². The van der Waals surface area contributed by atoms with Crippen LogP contribution in [-0.2, 0) is 4.43 Å². The summed E-state index contributed by atoms with van der Waals surface area (Å²) in [5, 5.41) is 0. The van der Waals surface area contributed by atoms with Crippen LogP contribution in [0.3, 0.4) is 0 Å². The molecule has 0 N–H and O–H groups in total. The quantitative estimate of drug-likeness (QED) is 0.498. The summed E-state index contributed by atoms with van der Waals surface area (Å²) in [7, 11) is -1.42. The predicted molar refractivity (Wildman–Crippen MR) is 66.0 cm³/mol. The van der Waals surface area contributed by atoms with Gasteiger partial charge in [-0.05, 0) is 25.9 Å². The minimum absolute atomic E-state index is 0.391. The highest BCUT2D eigenvalue weighted by Gasteiger charge is 2.32. The van der Waals surface area contributed by atoms with Gasteiger partial charge in [-0.25, -0.2) is 0 Å². The van der Waals surface area contributed by atoms with Gasteiger partial charge < -0.3 is 4.43 Å². The van der Waals surface area contributed by atoms with Crippen molar-refractivity contribution >= 4 is 24.2 Å². The van der Waals surface area contributed by atoms with Crippen LogP contribution in [0.4, 0.5) is 0 Å². The van der Waals surface area contributed by atoms with Crippen molar-refractivity contribution in [2.75, 3.05) is 4.95 Å². The van der Waals surface area contributed by atoms with E-state index in [0.29, 0.717) is 6.10 Å². The van der Waals surface area contributed by atoms with Gasteiger partial charge in [0.05, 0.1) is 0 Å². The number of hydrogen-bond acceptors (Lipinski definition) is 1. The molecule has 0 saturated heterocycles. The van der Waals surface area contributed by atoms with Crippen molar-refractivity contribution in [3.63, 3.8) is 0 Å². The number of hydrogen-bond donors (Lipinski definition) is 0. The monoisotopic (exact) mass is 266 g/mol. The van der Waals surface area contributed by atoms with Gasteiger partial charge in [-0.2, -0.15) is 0 Å². The van der Waals surface area contributed by atoms with Crippen molar-refractivity contribution in [2.24, 2.45) is 0 Å². The zero-order valence-corrected chi connectivity index (χ0v) is 12.0. The van der Waals surface area contributed by atoms with Gasteiger partial charge in [0, 0.05) is 11.1 Å². The number of alkyl halides is 1. The molecule has 0 aliphatic rings. The van der Waals surface area contributed by atoms with Gasteiger partial charge >= 0.3 is 0 Å². The first-order chi connectivity index (χ1) is 6.10. The molecule has 0 aliphatic heterocycles. The molecule has 0 aromatic heterocycles. The Morgan fingerprint density at radius 2 is 1.62 bits per heavy atom. The highest BCUT2D eigenvalue weighted by atomic mass is 79.9. The van der Waals surface area contributed by atoms with Crippen molar-refractivity contribution in [2.45, 2.75) is 58.7 Å². The summed E-state index contributed by atoms with van der Waals surface area (Å²) in [4.78, 5) is 1.10. The second-order valence-electron chi connectivity index (χ2n) is 3.98. The highest BCUT2D eigenvalue weighted by Crippen LogP contribution is 2.24. The molecular weight excluding hydrogens is 244 g/mol. The van der Waals surface area contributed by atoms with Gasteiger partial charge in [0.25, 0.3) is 0 Å². The van der Waals surface area contributed by atoms with Crippen LogP contribution in [0.15, 0.2) is 0 Å². The first kappa shape index (κ1) is 13.7. The standard InChI is InChI=1S/C10H23BrOSi/c1-5-7-13(9-11,8-6-2)12-10(3)4/h10H,5-9H2,1-4H3. The van der Waals surface area contributed by atoms with E-state index < -0.39 is 8.32 Å². The molecule has 3 heteroatoms. The second-order valence-corrected chi connectivity index (χ2v) is 9.53. The molecule has 13 heavy (non-hydrogen) atoms. The van der Waals surface area contributed by atoms with Gasteiger partial charge in [-0.15, -0.1) is 0 Å². The molecule has 0 aliphatic carbocycles. The fourth-order valence-electron chi connectivity index (χ4n) is 1.82. The summed E-state index contributed by atoms with van der Waals surface area (Å²) in [6, 6.07) is 2.59. The summed E-state index contributed by atoms with van der Waals surface area (Å²) in [6.45, 7) is 8.80. The summed E-state index contributed by atoms with van der Waals surface area (Å²) in [5.41, 5.74) is 0. The SMILES string of the molecule is CCC[Si](CBr)(CCC)OC(C)C. The van der Waals surface area contributed by atoms with E-state index in [1.165, 1.54) is 24.9 Å². The predicted octanol–water partition coefficient (Wildman–Crippen LogP) is 4.11. The second kappa shape index (κ2) is 7.02. The van der Waals surface area contributed by atoms with Crippen LogP contribution in [-0.4, -0.2) is 19.4 Å². The summed E-state index contributed by atoms with van der Waals surface area (Å²) in [5.74, 6) is 0. The van der Waals surface area contributed by atoms with Gasteiger partial charge in [0.1, 0.15) is 0 Å². The zero-order chi connectivity index (χ0) is 10.3. The molecule has 80 valence electrons. The lowest BCUT2D eigenvalue weighted by Gasteiger charge is -2.31. The molecule has 0 heterocycles. The van der Waals surface area contributed by atoms with E-state index in [-0.39, 0.29) is 0 Å². The van der Waals surface area contributed by atoms with Crippen LogP contribution in [0.2, 0.25) is 12.1 Å². The Hall–Kier alpha value is 0.657. The third-order valence-corrected chi connectivity index (χ3v) is 9.49. The molecule has 0 fully saturated rings. The largest absolute Gasteiger partial charge is 0.414 e. The Labute approximate surface area is 92.5 Å². The van der Waals surface area contributed by atoms with E-state index in [2.05, 4.69) is 43.6 Å². The fraction of sp³-hybridized carbons (Fsp3) is 1.00. The number of halogens is 1. The lowest BCUT2D eigenvalue weighted by atomic mass is 10.5. The van der Waals surface area contributed by atoms with Crippen molar-refractivity contribution < 1.29 is 4.43 Å². The molecule has 0 saturated carbocycles. The minimum Gasteiger partial charge on any atom is -0.414 e. The third kappa shape index (κ3) is 5.18. The summed E-state index contributed by atoms with van der Waals surface area (Å²) < 4.78 is 6.16. The van der Waals surface area contributed by atoms with Crippen molar-refractivity contribution in [3.8, 4) is 0 Å². The smallest absolute Gasteiger partial charge is 0.203 e. The van der Waals surface area contributed by atoms with E-state index in [4.69, 9.17) is 4.43 Å². The molecule has 0 aromatic carbocycles. The molecular formula is C10H23BrOSi. The van der Waals surface area contributed by atoms with Crippen LogP contribution < -0.4 is 0 Å². The zero-order valence-electron chi connectivity index (χ0n) is 9.40. The van der Waals surface area contributed by atoms with Gasteiger partial charge in [-0.3, -0.25) is 0 Å². The van der Waals surface area contributed by atoms with Crippen LogP contribution in [0.5, 0.6) is 0 Å². The molecule has 0 amide bonds. The molecule has 0 aromatic rings. The first-order valence-electron chi connectivity index (χ1n) is 5.34. The maximum absolute atomic E-state index is 6.16. The third-order valence-electron chi connectivity index (χ3n) is 2.14. The highest BCUT2D eigenvalue weighted by molar-refractivity contribution is 9.09. The van der Waals surface area contributed by atoms with Crippen LogP contribution in [0, 0.1) is 0 Å². The lowest BCUT2D eigenvalue weighted by molar-refractivity contribution is 0.226. The topological polar surface area (TPSA) is 9.23 Å². The van der Waals surface area contributed by atoms with E-state index in [9.17, 15) is 0 Å². The Kier molecular flexibility index (Phi) is 7.37. The lowest BCUT2D eigenvalue weighted by Crippen LogP contribution is -2.42. The molecule has 0 spiro atoms. The van der Waals surface area contributed by atoms with E-state index in [0.717, 1.165) is 4.95 Å². The Balaban J connectivity index is 4.24. The van der Waals surface area contributed by atoms with Gasteiger partial charge in [0.2, 0.25) is 8.32 Å². The maximum atomic E-state index is 6.16. The van der Waals surface area contributed by atoms with E-state index in [1.807, 2.05) is 0 Å². The fourth-order valence-corrected chi connectivity index (χ4v) is 7.54. The van der Waals surface area contributed by atoms with Crippen LogP contribution in [0.1, 0.15) is 40.5 Å². The van der Waals surface area contributed by atoms with E-state index >= 15 is 0 Å². The molecule has 0 bridgehead atoms. The van der Waals surface area contributed by atoms with Gasteiger partial charge in [-0.1, -0.05) is 42.6 Å². The van der Waals surface area contributed by atoms with Crippen molar-refractivity contribution in [1.29, 1.82) is 0 Å². The molecule has 0 atom stereocenters. The molecule has 0 radical (unpaired) electrons. The first-order valence-corrected chi connectivity index (χ1v) is 8.99. The average molecular weight is 267 g/mol. The average Bonchev–Trinajstić information content (AvgIpc) is 2.04. The number of rotatable bonds is 7. The Morgan fingerprint density at radius 3 is 1.85 bits per heavy atom. The normalized spacial score (nSPS) is 12.5. The van der Waals surface area contributed by atoms with Crippen LogP contribution >= 0.6 is 15.9 Å². The molecule has 0 unspecified atom stereocenters. The minimum atomic E-state index is -1.42.